The van der Waals surface area contributed by atoms with Crippen LogP contribution in [0.4, 0.5) is 0 Å². The molecule has 0 radical (unpaired) electrons. The zero-order chi connectivity index (χ0) is 11.8. The van der Waals surface area contributed by atoms with Crippen LogP contribution in [-0.2, 0) is 14.3 Å². The maximum Gasteiger partial charge on any atom is 0.254 e. The van der Waals surface area contributed by atoms with E-state index in [4.69, 9.17) is 4.74 Å². The van der Waals surface area contributed by atoms with Crippen molar-refractivity contribution in [1.82, 2.24) is 5.32 Å². The van der Waals surface area contributed by atoms with E-state index in [-0.39, 0.29) is 23.8 Å². The molecule has 2 fully saturated rings. The van der Waals surface area contributed by atoms with Crippen molar-refractivity contribution in [3.8, 4) is 0 Å². The number of imide groups is 1. The largest absolute Gasteiger partial charge is 0.375 e. The second-order valence-electron chi connectivity index (χ2n) is 4.71. The monoisotopic (exact) mass is 223 g/mol. The maximum absolute atomic E-state index is 11.6. The summed E-state index contributed by atoms with van der Waals surface area (Å²) < 4.78 is 5.72. The minimum atomic E-state index is -0.208. The Bertz CT molecular complexity index is 372. The standard InChI is InChI=1S/C12H17NO3/c1-3-12(2)7-8(4-5-16-12)9-6-10(14)13-11(9)15/h3-7H2,1-2H3,(H,13,14,15). The van der Waals surface area contributed by atoms with Gasteiger partial charge in [0.05, 0.1) is 18.6 Å². The number of hydrogen-bond acceptors (Lipinski definition) is 3. The van der Waals surface area contributed by atoms with Crippen LogP contribution < -0.4 is 5.32 Å². The first kappa shape index (κ1) is 11.3. The summed E-state index contributed by atoms with van der Waals surface area (Å²) in [6.07, 6.45) is 2.69. The Morgan fingerprint density at radius 3 is 2.75 bits per heavy atom. The molecule has 2 rings (SSSR count). The molecule has 0 saturated carbocycles. The van der Waals surface area contributed by atoms with Crippen molar-refractivity contribution in [2.24, 2.45) is 0 Å². The van der Waals surface area contributed by atoms with Crippen LogP contribution in [0.25, 0.3) is 0 Å². The smallest absolute Gasteiger partial charge is 0.254 e. The van der Waals surface area contributed by atoms with Crippen molar-refractivity contribution < 1.29 is 14.3 Å². The van der Waals surface area contributed by atoms with Gasteiger partial charge in [-0.15, -0.1) is 0 Å². The van der Waals surface area contributed by atoms with Crippen molar-refractivity contribution >= 4 is 11.8 Å². The summed E-state index contributed by atoms with van der Waals surface area (Å²) in [6.45, 7) is 4.78. The van der Waals surface area contributed by atoms with E-state index in [0.717, 1.165) is 24.8 Å². The molecule has 4 nitrogen and oxygen atoms in total. The predicted molar refractivity (Wildman–Crippen MR) is 58.7 cm³/mol. The third-order valence-electron chi connectivity index (χ3n) is 3.48. The Morgan fingerprint density at radius 2 is 2.19 bits per heavy atom. The number of carbonyl (C=O) groups excluding carboxylic acids is 2. The van der Waals surface area contributed by atoms with Crippen LogP contribution in [0.15, 0.2) is 11.1 Å². The normalized spacial score (nSPS) is 35.4. The molecular weight excluding hydrogens is 206 g/mol. The van der Waals surface area contributed by atoms with Crippen LogP contribution in [0.1, 0.15) is 39.5 Å². The molecule has 1 atom stereocenters. The third kappa shape index (κ3) is 2.02. The molecule has 88 valence electrons. The number of rotatable bonds is 1. The molecule has 1 unspecified atom stereocenters. The van der Waals surface area contributed by atoms with Crippen LogP contribution >= 0.6 is 0 Å². The van der Waals surface area contributed by atoms with Gasteiger partial charge in [-0.1, -0.05) is 12.5 Å². The zero-order valence-electron chi connectivity index (χ0n) is 9.76. The van der Waals surface area contributed by atoms with Gasteiger partial charge in [0, 0.05) is 5.57 Å². The number of hydrogen-bond donors (Lipinski definition) is 1. The summed E-state index contributed by atoms with van der Waals surface area (Å²) in [5.74, 6) is -0.391. The van der Waals surface area contributed by atoms with Crippen molar-refractivity contribution in [2.75, 3.05) is 6.61 Å². The minimum absolute atomic E-state index is 0.174. The molecule has 0 aromatic heterocycles. The van der Waals surface area contributed by atoms with Crippen molar-refractivity contribution in [2.45, 2.75) is 45.1 Å². The van der Waals surface area contributed by atoms with E-state index in [1.54, 1.807) is 0 Å². The van der Waals surface area contributed by atoms with E-state index < -0.39 is 0 Å². The first-order chi connectivity index (χ1) is 7.54. The van der Waals surface area contributed by atoms with Crippen molar-refractivity contribution in [1.29, 1.82) is 0 Å². The van der Waals surface area contributed by atoms with E-state index >= 15 is 0 Å². The van der Waals surface area contributed by atoms with Gasteiger partial charge >= 0.3 is 0 Å². The van der Waals surface area contributed by atoms with Gasteiger partial charge in [-0.2, -0.15) is 0 Å². The second-order valence-corrected chi connectivity index (χ2v) is 4.71. The van der Waals surface area contributed by atoms with Crippen LogP contribution in [0, 0.1) is 0 Å². The molecule has 0 bridgehead atoms. The van der Waals surface area contributed by atoms with E-state index in [2.05, 4.69) is 19.2 Å². The SMILES string of the molecule is CCC1(C)CC(=C2CC(=O)NC2=O)CCO1. The fourth-order valence-corrected chi connectivity index (χ4v) is 2.27. The zero-order valence-corrected chi connectivity index (χ0v) is 9.76. The molecule has 0 spiro atoms. The predicted octanol–water partition coefficient (Wildman–Crippen LogP) is 1.31. The van der Waals surface area contributed by atoms with Crippen LogP contribution in [-0.4, -0.2) is 24.0 Å². The molecule has 0 aromatic carbocycles. The Hall–Kier alpha value is -1.16. The fourth-order valence-electron chi connectivity index (χ4n) is 2.27. The van der Waals surface area contributed by atoms with Crippen LogP contribution in [0.5, 0.6) is 0 Å². The average molecular weight is 223 g/mol. The molecular formula is C12H17NO3. The number of ether oxygens (including phenoxy) is 1. The van der Waals surface area contributed by atoms with E-state index in [1.807, 2.05) is 0 Å². The van der Waals surface area contributed by atoms with Gasteiger partial charge in [0.25, 0.3) is 5.91 Å². The molecule has 1 N–H and O–H groups in total. The summed E-state index contributed by atoms with van der Waals surface area (Å²) in [6, 6.07) is 0. The Kier molecular flexibility index (Phi) is 2.84. The summed E-state index contributed by atoms with van der Waals surface area (Å²) in [4.78, 5) is 22.7. The molecule has 2 aliphatic rings. The molecule has 16 heavy (non-hydrogen) atoms. The summed E-state index contributed by atoms with van der Waals surface area (Å²) in [5, 5.41) is 2.33. The van der Waals surface area contributed by atoms with Crippen molar-refractivity contribution in [3.05, 3.63) is 11.1 Å². The Morgan fingerprint density at radius 1 is 1.44 bits per heavy atom. The van der Waals surface area contributed by atoms with Crippen molar-refractivity contribution in [3.63, 3.8) is 0 Å². The second kappa shape index (κ2) is 4.01. The molecule has 0 aromatic rings. The molecule has 2 saturated heterocycles. The van der Waals surface area contributed by atoms with Gasteiger partial charge in [-0.05, 0) is 26.2 Å². The van der Waals surface area contributed by atoms with E-state index in [0.29, 0.717) is 12.2 Å². The first-order valence-electron chi connectivity index (χ1n) is 5.73. The first-order valence-corrected chi connectivity index (χ1v) is 5.73. The lowest BCUT2D eigenvalue weighted by molar-refractivity contribution is -0.124. The molecule has 0 aliphatic carbocycles. The van der Waals surface area contributed by atoms with E-state index in [1.165, 1.54) is 0 Å². The average Bonchev–Trinajstić information content (AvgIpc) is 2.58. The van der Waals surface area contributed by atoms with Gasteiger partial charge < -0.3 is 4.74 Å². The highest BCUT2D eigenvalue weighted by Gasteiger charge is 2.34. The van der Waals surface area contributed by atoms with E-state index in [9.17, 15) is 9.59 Å². The topological polar surface area (TPSA) is 55.4 Å². The lowest BCUT2D eigenvalue weighted by atomic mass is 9.86. The highest BCUT2D eigenvalue weighted by Crippen LogP contribution is 2.34. The van der Waals surface area contributed by atoms with Gasteiger partial charge in [0.1, 0.15) is 0 Å². The number of nitrogens with one attached hydrogen (secondary N) is 1. The fraction of sp³-hybridized carbons (Fsp3) is 0.667. The molecule has 4 heteroatoms. The Balaban J connectivity index is 2.24. The summed E-state index contributed by atoms with van der Waals surface area (Å²) in [7, 11) is 0. The number of amides is 2. The Labute approximate surface area is 95.0 Å². The highest BCUT2D eigenvalue weighted by molar-refractivity contribution is 6.13. The lowest BCUT2D eigenvalue weighted by Gasteiger charge is -2.35. The summed E-state index contributed by atoms with van der Waals surface area (Å²) in [5.41, 5.74) is 1.60. The minimum Gasteiger partial charge on any atom is -0.375 e. The van der Waals surface area contributed by atoms with Gasteiger partial charge in [-0.25, -0.2) is 0 Å². The van der Waals surface area contributed by atoms with Crippen LogP contribution in [0.3, 0.4) is 0 Å². The lowest BCUT2D eigenvalue weighted by Crippen LogP contribution is -2.34. The van der Waals surface area contributed by atoms with Gasteiger partial charge in [0.15, 0.2) is 0 Å². The number of carbonyl (C=O) groups is 2. The van der Waals surface area contributed by atoms with Crippen LogP contribution in [0.2, 0.25) is 0 Å². The highest BCUT2D eigenvalue weighted by atomic mass is 16.5. The van der Waals surface area contributed by atoms with Gasteiger partial charge in [0.2, 0.25) is 5.91 Å². The third-order valence-corrected chi connectivity index (χ3v) is 3.48. The summed E-state index contributed by atoms with van der Waals surface area (Å²) >= 11 is 0. The quantitative estimate of drug-likeness (QED) is 0.538. The molecule has 2 heterocycles. The molecule has 2 amide bonds. The maximum atomic E-state index is 11.6. The molecule has 2 aliphatic heterocycles. The van der Waals surface area contributed by atoms with Gasteiger partial charge in [-0.3, -0.25) is 14.9 Å².